The third-order valence-corrected chi connectivity index (χ3v) is 3.88. The van der Waals surface area contributed by atoms with Crippen molar-refractivity contribution >= 4 is 6.21 Å². The lowest BCUT2D eigenvalue weighted by molar-refractivity contribution is 0.209. The molecule has 0 aromatic heterocycles. The van der Waals surface area contributed by atoms with E-state index < -0.39 is 0 Å². The third-order valence-electron chi connectivity index (χ3n) is 3.88. The molecular weight excluding hydrogens is 306 g/mol. The van der Waals surface area contributed by atoms with Gasteiger partial charge in [0, 0.05) is 5.56 Å². The summed E-state index contributed by atoms with van der Waals surface area (Å²) in [5.41, 5.74) is 4.08. The summed E-state index contributed by atoms with van der Waals surface area (Å²) in [5.74, 6) is 2.00. The topological polar surface area (TPSA) is 60.3 Å². The van der Waals surface area contributed by atoms with Crippen LogP contribution >= 0.6 is 0 Å². The predicted molar refractivity (Wildman–Crippen MR) is 94.0 cm³/mol. The van der Waals surface area contributed by atoms with E-state index in [9.17, 15) is 0 Å². The zero-order chi connectivity index (χ0) is 17.5. The van der Waals surface area contributed by atoms with Gasteiger partial charge < -0.3 is 19.4 Å². The summed E-state index contributed by atoms with van der Waals surface area (Å²) < 4.78 is 17.0. The second kappa shape index (κ2) is 8.24. The summed E-state index contributed by atoms with van der Waals surface area (Å²) >= 11 is 0. The van der Waals surface area contributed by atoms with Crippen molar-refractivity contribution in [2.24, 2.45) is 5.16 Å². The minimum Gasteiger partial charge on any atom is -0.493 e. The number of para-hydroxylation sites is 1. The monoisotopic (exact) mass is 329 g/mol. The van der Waals surface area contributed by atoms with Gasteiger partial charge in [0.1, 0.15) is 19.0 Å². The van der Waals surface area contributed by atoms with Crippen molar-refractivity contribution in [3.63, 3.8) is 0 Å². The Kier molecular flexibility index (Phi) is 6.07. The summed E-state index contributed by atoms with van der Waals surface area (Å²) in [6, 6.07) is 9.52. The van der Waals surface area contributed by atoms with Crippen molar-refractivity contribution in [1.82, 2.24) is 0 Å². The van der Waals surface area contributed by atoms with Crippen LogP contribution in [0.4, 0.5) is 0 Å². The Balaban J connectivity index is 2.04. The van der Waals surface area contributed by atoms with Gasteiger partial charge in [-0.25, -0.2) is 0 Å². The molecule has 1 N–H and O–H groups in total. The molecule has 0 fully saturated rings. The maximum absolute atomic E-state index is 8.76. The molecule has 24 heavy (non-hydrogen) atoms. The number of hydrogen-bond donors (Lipinski definition) is 1. The van der Waals surface area contributed by atoms with Crippen LogP contribution in [0.3, 0.4) is 0 Å². The molecule has 0 unspecified atom stereocenters. The average Bonchev–Trinajstić information content (AvgIpc) is 2.58. The van der Waals surface area contributed by atoms with Crippen LogP contribution in [0.5, 0.6) is 17.2 Å². The van der Waals surface area contributed by atoms with E-state index in [1.54, 1.807) is 25.3 Å². The van der Waals surface area contributed by atoms with Crippen LogP contribution in [0, 0.1) is 20.8 Å². The Morgan fingerprint density at radius 2 is 1.62 bits per heavy atom. The maximum atomic E-state index is 8.76. The molecule has 0 aliphatic rings. The number of nitrogens with zero attached hydrogens (tertiary/aromatic N) is 1. The molecule has 0 aliphatic carbocycles. The van der Waals surface area contributed by atoms with Crippen LogP contribution < -0.4 is 14.2 Å². The van der Waals surface area contributed by atoms with Crippen molar-refractivity contribution in [1.29, 1.82) is 0 Å². The van der Waals surface area contributed by atoms with Crippen molar-refractivity contribution in [3.05, 3.63) is 52.6 Å². The minimum absolute atomic E-state index is 0.347. The highest BCUT2D eigenvalue weighted by Gasteiger charge is 2.10. The second-order valence-corrected chi connectivity index (χ2v) is 5.47. The number of methoxy groups -OCH3 is 1. The van der Waals surface area contributed by atoms with E-state index in [4.69, 9.17) is 19.4 Å². The molecule has 5 nitrogen and oxygen atoms in total. The van der Waals surface area contributed by atoms with E-state index in [2.05, 4.69) is 31.1 Å². The summed E-state index contributed by atoms with van der Waals surface area (Å²) in [5, 5.41) is 11.8. The second-order valence-electron chi connectivity index (χ2n) is 5.47. The molecule has 0 radical (unpaired) electrons. The van der Waals surface area contributed by atoms with E-state index in [0.29, 0.717) is 30.3 Å². The zero-order valence-electron chi connectivity index (χ0n) is 14.5. The lowest BCUT2D eigenvalue weighted by atomic mass is 10.1. The van der Waals surface area contributed by atoms with E-state index in [0.717, 1.165) is 16.9 Å². The number of hydrogen-bond acceptors (Lipinski definition) is 5. The van der Waals surface area contributed by atoms with E-state index in [-0.39, 0.29) is 0 Å². The molecular formula is C19H23NO4. The molecule has 0 saturated heterocycles. The highest BCUT2D eigenvalue weighted by Crippen LogP contribution is 2.30. The van der Waals surface area contributed by atoms with Crippen LogP contribution in [0.25, 0.3) is 0 Å². The highest BCUT2D eigenvalue weighted by molar-refractivity contribution is 5.84. The first-order chi connectivity index (χ1) is 11.6. The van der Waals surface area contributed by atoms with Gasteiger partial charge in [0.2, 0.25) is 0 Å². The lowest BCUT2D eigenvalue weighted by Crippen LogP contribution is -2.12. The highest BCUT2D eigenvalue weighted by atomic mass is 16.5. The van der Waals surface area contributed by atoms with Gasteiger partial charge in [0.25, 0.3) is 0 Å². The first-order valence-corrected chi connectivity index (χ1v) is 7.75. The Morgan fingerprint density at radius 3 is 2.29 bits per heavy atom. The number of oxime groups is 1. The first kappa shape index (κ1) is 17.7. The largest absolute Gasteiger partial charge is 0.493 e. The van der Waals surface area contributed by atoms with Gasteiger partial charge in [-0.3, -0.25) is 0 Å². The molecule has 5 heteroatoms. The Bertz CT molecular complexity index is 726. The first-order valence-electron chi connectivity index (χ1n) is 7.75. The normalized spacial score (nSPS) is 10.8. The number of ether oxygens (including phenoxy) is 3. The van der Waals surface area contributed by atoms with Gasteiger partial charge in [-0.2, -0.15) is 0 Å². The molecule has 0 amide bonds. The lowest BCUT2D eigenvalue weighted by Gasteiger charge is -2.16. The molecule has 2 rings (SSSR count). The molecule has 0 aliphatic heterocycles. The summed E-state index contributed by atoms with van der Waals surface area (Å²) in [6.45, 7) is 6.89. The number of aryl methyl sites for hydroxylation is 2. The predicted octanol–water partition coefficient (Wildman–Crippen LogP) is 3.89. The fourth-order valence-electron chi connectivity index (χ4n) is 2.45. The summed E-state index contributed by atoms with van der Waals surface area (Å²) in [7, 11) is 1.57. The Hall–Kier alpha value is -2.69. The van der Waals surface area contributed by atoms with Crippen molar-refractivity contribution in [2.75, 3.05) is 20.3 Å². The minimum atomic E-state index is 0.347. The van der Waals surface area contributed by atoms with Crippen molar-refractivity contribution in [2.45, 2.75) is 20.8 Å². The van der Waals surface area contributed by atoms with Gasteiger partial charge in [0.05, 0.1) is 13.3 Å². The van der Waals surface area contributed by atoms with E-state index >= 15 is 0 Å². The Labute approximate surface area is 142 Å². The maximum Gasteiger partial charge on any atom is 0.170 e. The van der Waals surface area contributed by atoms with Gasteiger partial charge in [-0.15, -0.1) is 0 Å². The SMILES string of the molecule is COc1cccc(/C=N/O)c1OCCOc1c(C)ccc(C)c1C. The van der Waals surface area contributed by atoms with Gasteiger partial charge in [-0.05, 0) is 49.6 Å². The molecule has 0 bridgehead atoms. The quantitative estimate of drug-likeness (QED) is 0.362. The fourth-order valence-corrected chi connectivity index (χ4v) is 2.45. The number of rotatable bonds is 7. The molecule has 0 heterocycles. The van der Waals surface area contributed by atoms with Crippen LogP contribution in [-0.2, 0) is 0 Å². The molecule has 0 saturated carbocycles. The Morgan fingerprint density at radius 1 is 0.958 bits per heavy atom. The van der Waals surface area contributed by atoms with E-state index in [1.165, 1.54) is 11.8 Å². The van der Waals surface area contributed by atoms with Gasteiger partial charge in [0.15, 0.2) is 11.5 Å². The fraction of sp³-hybridized carbons (Fsp3) is 0.316. The van der Waals surface area contributed by atoms with E-state index in [1.807, 2.05) is 6.92 Å². The van der Waals surface area contributed by atoms with Crippen LogP contribution in [0.15, 0.2) is 35.5 Å². The van der Waals surface area contributed by atoms with Gasteiger partial charge in [-0.1, -0.05) is 23.4 Å². The molecule has 2 aromatic carbocycles. The van der Waals surface area contributed by atoms with Crippen LogP contribution in [0.1, 0.15) is 22.3 Å². The van der Waals surface area contributed by atoms with Crippen molar-refractivity contribution in [3.8, 4) is 17.2 Å². The standard InChI is InChI=1S/C19H23NO4/c1-13-8-9-14(2)18(15(13)3)23-10-11-24-19-16(12-20-21)6-5-7-17(19)22-4/h5-9,12,21H,10-11H2,1-4H3/b20-12+. The van der Waals surface area contributed by atoms with Crippen LogP contribution in [-0.4, -0.2) is 31.7 Å². The summed E-state index contributed by atoms with van der Waals surface area (Å²) in [4.78, 5) is 0. The average molecular weight is 329 g/mol. The van der Waals surface area contributed by atoms with Crippen LogP contribution in [0.2, 0.25) is 0 Å². The zero-order valence-corrected chi connectivity index (χ0v) is 14.5. The smallest absolute Gasteiger partial charge is 0.170 e. The summed E-state index contributed by atoms with van der Waals surface area (Å²) in [6.07, 6.45) is 1.31. The molecule has 2 aromatic rings. The molecule has 0 spiro atoms. The van der Waals surface area contributed by atoms with Crippen molar-refractivity contribution < 1.29 is 19.4 Å². The van der Waals surface area contributed by atoms with Gasteiger partial charge >= 0.3 is 0 Å². The molecule has 0 atom stereocenters. The number of benzene rings is 2. The molecule has 128 valence electrons. The third kappa shape index (κ3) is 3.98.